The van der Waals surface area contributed by atoms with Crippen molar-refractivity contribution in [3.05, 3.63) is 63.6 Å². The Balaban J connectivity index is 2.27. The van der Waals surface area contributed by atoms with Crippen molar-refractivity contribution in [2.24, 2.45) is 0 Å². The Morgan fingerprint density at radius 3 is 2.48 bits per heavy atom. The first-order chi connectivity index (χ1) is 12.9. The summed E-state index contributed by atoms with van der Waals surface area (Å²) < 4.78 is 12.7. The highest BCUT2D eigenvalue weighted by Gasteiger charge is 2.19. The molecule has 0 aromatic heterocycles. The molecular weight excluding hydrogens is 430 g/mol. The van der Waals surface area contributed by atoms with Gasteiger partial charge in [-0.15, -0.1) is 0 Å². The van der Waals surface area contributed by atoms with Gasteiger partial charge >= 0.3 is 11.9 Å². The van der Waals surface area contributed by atoms with Gasteiger partial charge in [0.2, 0.25) is 0 Å². The van der Waals surface area contributed by atoms with Crippen molar-refractivity contribution in [3.63, 3.8) is 0 Å². The molecule has 0 aliphatic carbocycles. The van der Waals surface area contributed by atoms with Gasteiger partial charge in [0.25, 0.3) is 0 Å². The van der Waals surface area contributed by atoms with Gasteiger partial charge < -0.3 is 9.47 Å². The summed E-state index contributed by atoms with van der Waals surface area (Å²) in [5.41, 5.74) is 2.40. The Labute approximate surface area is 172 Å². The van der Waals surface area contributed by atoms with Gasteiger partial charge in [-0.2, -0.15) is 0 Å². The fraction of sp³-hybridized carbons (Fsp3) is 0.300. The quantitative estimate of drug-likeness (QED) is 0.431. The molecular formula is C20H22BrNO4S. The average molecular weight is 452 g/mol. The van der Waals surface area contributed by atoms with E-state index in [1.165, 1.54) is 19.1 Å². The summed E-state index contributed by atoms with van der Waals surface area (Å²) in [6, 6.07) is 13.4. The van der Waals surface area contributed by atoms with Crippen molar-refractivity contribution in [2.45, 2.75) is 25.3 Å². The van der Waals surface area contributed by atoms with E-state index in [0.29, 0.717) is 18.7 Å². The molecule has 2 aromatic rings. The highest BCUT2D eigenvalue weighted by atomic mass is 79.9. The van der Waals surface area contributed by atoms with Crippen molar-refractivity contribution in [1.82, 2.24) is 4.31 Å². The van der Waals surface area contributed by atoms with Crippen molar-refractivity contribution >= 4 is 39.8 Å². The van der Waals surface area contributed by atoms with E-state index in [-0.39, 0.29) is 12.5 Å². The second-order valence-electron chi connectivity index (χ2n) is 5.80. The lowest BCUT2D eigenvalue weighted by molar-refractivity contribution is -0.143. The van der Waals surface area contributed by atoms with E-state index in [2.05, 4.69) is 15.9 Å². The highest BCUT2D eigenvalue weighted by molar-refractivity contribution is 9.10. The fourth-order valence-corrected chi connectivity index (χ4v) is 3.75. The maximum Gasteiger partial charge on any atom is 0.338 e. The number of benzene rings is 2. The van der Waals surface area contributed by atoms with Crippen LogP contribution in [0.1, 0.15) is 28.4 Å². The molecule has 0 aliphatic heterocycles. The average Bonchev–Trinajstić information content (AvgIpc) is 2.63. The van der Waals surface area contributed by atoms with Gasteiger partial charge in [-0.3, -0.25) is 4.79 Å². The molecule has 0 unspecified atom stereocenters. The van der Waals surface area contributed by atoms with Gasteiger partial charge in [0.15, 0.2) is 0 Å². The summed E-state index contributed by atoms with van der Waals surface area (Å²) in [4.78, 5) is 25.1. The van der Waals surface area contributed by atoms with Crippen LogP contribution in [-0.4, -0.2) is 36.5 Å². The topological polar surface area (TPSA) is 55.8 Å². The Hall–Kier alpha value is -1.83. The maximum atomic E-state index is 12.1. The Morgan fingerprint density at radius 2 is 1.85 bits per heavy atom. The molecule has 0 heterocycles. The SMILES string of the molecule is CCOC(=O)CN(Cc1cc(Br)ccc1C(=O)OC)Sc1ccc(C)cc1. The van der Waals surface area contributed by atoms with Crippen LogP contribution in [0.25, 0.3) is 0 Å². The smallest absolute Gasteiger partial charge is 0.338 e. The van der Waals surface area contributed by atoms with Gasteiger partial charge in [0.05, 0.1) is 19.3 Å². The number of methoxy groups -OCH3 is 1. The van der Waals surface area contributed by atoms with E-state index in [9.17, 15) is 9.59 Å². The summed E-state index contributed by atoms with van der Waals surface area (Å²) in [5, 5.41) is 0. The number of hydrogen-bond acceptors (Lipinski definition) is 6. The highest BCUT2D eigenvalue weighted by Crippen LogP contribution is 2.27. The summed E-state index contributed by atoms with van der Waals surface area (Å²) in [5.74, 6) is -0.722. The lowest BCUT2D eigenvalue weighted by Crippen LogP contribution is -2.26. The van der Waals surface area contributed by atoms with Crippen LogP contribution in [0.4, 0.5) is 0 Å². The number of aryl methyl sites for hydroxylation is 1. The second-order valence-corrected chi connectivity index (χ2v) is 7.89. The zero-order valence-electron chi connectivity index (χ0n) is 15.5. The van der Waals surface area contributed by atoms with Gasteiger partial charge in [0, 0.05) is 15.9 Å². The molecule has 0 fully saturated rings. The maximum absolute atomic E-state index is 12.1. The van der Waals surface area contributed by atoms with Crippen LogP contribution in [0.15, 0.2) is 51.8 Å². The molecule has 0 spiro atoms. The Morgan fingerprint density at radius 1 is 1.15 bits per heavy atom. The van der Waals surface area contributed by atoms with Crippen LogP contribution >= 0.6 is 27.9 Å². The first-order valence-electron chi connectivity index (χ1n) is 8.45. The van der Waals surface area contributed by atoms with E-state index < -0.39 is 5.97 Å². The molecule has 2 rings (SSSR count). The molecule has 144 valence electrons. The lowest BCUT2D eigenvalue weighted by Gasteiger charge is -2.21. The fourth-order valence-electron chi connectivity index (χ4n) is 2.41. The number of carbonyl (C=O) groups excluding carboxylic acids is 2. The molecule has 0 aliphatic rings. The van der Waals surface area contributed by atoms with Crippen LogP contribution < -0.4 is 0 Å². The molecule has 5 nitrogen and oxygen atoms in total. The predicted octanol–water partition coefficient (Wildman–Crippen LogP) is 4.62. The second kappa shape index (κ2) is 10.5. The minimum absolute atomic E-state index is 0.0967. The molecule has 0 radical (unpaired) electrons. The molecule has 0 atom stereocenters. The summed E-state index contributed by atoms with van der Waals surface area (Å²) >= 11 is 4.88. The molecule has 0 bridgehead atoms. The zero-order valence-corrected chi connectivity index (χ0v) is 17.9. The van der Waals surface area contributed by atoms with E-state index in [1.54, 1.807) is 19.1 Å². The number of hydrogen-bond donors (Lipinski definition) is 0. The minimum atomic E-state index is -0.408. The number of rotatable bonds is 8. The van der Waals surface area contributed by atoms with Crippen molar-refractivity contribution in [3.8, 4) is 0 Å². The number of halogens is 1. The molecule has 0 saturated heterocycles. The van der Waals surface area contributed by atoms with Crippen LogP contribution in [-0.2, 0) is 20.8 Å². The van der Waals surface area contributed by atoms with E-state index in [1.807, 2.05) is 41.6 Å². The van der Waals surface area contributed by atoms with Gasteiger partial charge in [-0.1, -0.05) is 33.6 Å². The minimum Gasteiger partial charge on any atom is -0.465 e. The summed E-state index contributed by atoms with van der Waals surface area (Å²) in [7, 11) is 1.35. The number of carbonyl (C=O) groups is 2. The standard InChI is InChI=1S/C20H22BrNO4S/c1-4-26-19(23)13-22(27-17-8-5-14(2)6-9-17)12-15-11-16(21)7-10-18(15)20(24)25-3/h5-11H,4,12-13H2,1-3H3. The molecule has 27 heavy (non-hydrogen) atoms. The van der Waals surface area contributed by atoms with Crippen LogP contribution in [0.5, 0.6) is 0 Å². The van der Waals surface area contributed by atoms with Crippen molar-refractivity contribution in [1.29, 1.82) is 0 Å². The van der Waals surface area contributed by atoms with Crippen molar-refractivity contribution in [2.75, 3.05) is 20.3 Å². The lowest BCUT2D eigenvalue weighted by atomic mass is 10.1. The van der Waals surface area contributed by atoms with Gasteiger partial charge in [0.1, 0.15) is 6.54 Å². The molecule has 0 amide bonds. The molecule has 7 heteroatoms. The van der Waals surface area contributed by atoms with Gasteiger partial charge in [-0.05, 0) is 61.7 Å². The number of nitrogens with zero attached hydrogens (tertiary/aromatic N) is 1. The van der Waals surface area contributed by atoms with Gasteiger partial charge in [-0.25, -0.2) is 9.10 Å². The van der Waals surface area contributed by atoms with E-state index in [0.717, 1.165) is 20.5 Å². The van der Waals surface area contributed by atoms with Crippen LogP contribution in [0, 0.1) is 6.92 Å². The number of ether oxygens (including phenoxy) is 2. The predicted molar refractivity (Wildman–Crippen MR) is 110 cm³/mol. The first kappa shape index (κ1) is 21.5. The van der Waals surface area contributed by atoms with Crippen LogP contribution in [0.2, 0.25) is 0 Å². The Bertz CT molecular complexity index is 795. The van der Waals surface area contributed by atoms with Crippen molar-refractivity contribution < 1.29 is 19.1 Å². The molecule has 0 saturated carbocycles. The normalized spacial score (nSPS) is 10.7. The third-order valence-electron chi connectivity index (χ3n) is 3.69. The third-order valence-corrected chi connectivity index (χ3v) is 5.18. The molecule has 2 aromatic carbocycles. The van der Waals surface area contributed by atoms with E-state index in [4.69, 9.17) is 9.47 Å². The monoisotopic (exact) mass is 451 g/mol. The third kappa shape index (κ3) is 6.68. The van der Waals surface area contributed by atoms with Crippen LogP contribution in [0.3, 0.4) is 0 Å². The Kier molecular flexibility index (Phi) is 8.34. The first-order valence-corrected chi connectivity index (χ1v) is 10.0. The van der Waals surface area contributed by atoms with E-state index >= 15 is 0 Å². The largest absolute Gasteiger partial charge is 0.465 e. The summed E-state index contributed by atoms with van der Waals surface area (Å²) in [6.45, 7) is 4.60. The summed E-state index contributed by atoms with van der Waals surface area (Å²) in [6.07, 6.45) is 0. The number of esters is 2. The zero-order chi connectivity index (χ0) is 19.8. The molecule has 0 N–H and O–H groups in total.